The first-order chi connectivity index (χ1) is 9.45. The van der Waals surface area contributed by atoms with E-state index in [4.69, 9.17) is 5.26 Å². The first-order valence-electron chi connectivity index (χ1n) is 6.68. The van der Waals surface area contributed by atoms with Crippen molar-refractivity contribution >= 4 is 11.7 Å². The van der Waals surface area contributed by atoms with Gasteiger partial charge in [-0.1, -0.05) is 12.1 Å². The number of urea groups is 1. The SMILES string of the molecule is CC(O)c1cccc(NC(=O)N(CCC#N)C(C)C)c1. The summed E-state index contributed by atoms with van der Waals surface area (Å²) in [6.45, 7) is 5.89. The second-order valence-corrected chi connectivity index (χ2v) is 4.93. The molecule has 0 bridgehead atoms. The maximum atomic E-state index is 12.2. The van der Waals surface area contributed by atoms with Gasteiger partial charge in [0.15, 0.2) is 0 Å². The van der Waals surface area contributed by atoms with Crippen LogP contribution in [0.1, 0.15) is 38.9 Å². The molecule has 5 nitrogen and oxygen atoms in total. The van der Waals surface area contributed by atoms with Crippen molar-refractivity contribution < 1.29 is 9.90 Å². The summed E-state index contributed by atoms with van der Waals surface area (Å²) in [7, 11) is 0. The van der Waals surface area contributed by atoms with E-state index >= 15 is 0 Å². The Morgan fingerprint density at radius 1 is 1.45 bits per heavy atom. The van der Waals surface area contributed by atoms with Gasteiger partial charge in [0.1, 0.15) is 0 Å². The lowest BCUT2D eigenvalue weighted by atomic mass is 10.1. The zero-order valence-electron chi connectivity index (χ0n) is 12.1. The second kappa shape index (κ2) is 7.51. The van der Waals surface area contributed by atoms with Crippen molar-refractivity contribution in [1.29, 1.82) is 5.26 Å². The predicted octanol–water partition coefficient (Wildman–Crippen LogP) is 2.90. The highest BCUT2D eigenvalue weighted by atomic mass is 16.3. The minimum Gasteiger partial charge on any atom is -0.389 e. The number of hydrogen-bond donors (Lipinski definition) is 2. The van der Waals surface area contributed by atoms with E-state index in [9.17, 15) is 9.90 Å². The van der Waals surface area contributed by atoms with Gasteiger partial charge in [-0.15, -0.1) is 0 Å². The average Bonchev–Trinajstić information content (AvgIpc) is 2.39. The molecule has 0 saturated heterocycles. The highest BCUT2D eigenvalue weighted by Gasteiger charge is 2.16. The van der Waals surface area contributed by atoms with Gasteiger partial charge in [0.05, 0.1) is 18.6 Å². The standard InChI is InChI=1S/C15H21N3O2/c1-11(2)18(9-5-8-16)15(20)17-14-7-4-6-13(10-14)12(3)19/h4,6-7,10-12,19H,5,9H2,1-3H3,(H,17,20). The normalized spacial score (nSPS) is 11.8. The largest absolute Gasteiger partial charge is 0.389 e. The molecular weight excluding hydrogens is 254 g/mol. The fourth-order valence-electron chi connectivity index (χ4n) is 1.84. The smallest absolute Gasteiger partial charge is 0.322 e. The fourth-order valence-corrected chi connectivity index (χ4v) is 1.84. The summed E-state index contributed by atoms with van der Waals surface area (Å²) < 4.78 is 0. The fraction of sp³-hybridized carbons (Fsp3) is 0.467. The van der Waals surface area contributed by atoms with Crippen molar-refractivity contribution in [3.63, 3.8) is 0 Å². The lowest BCUT2D eigenvalue weighted by Gasteiger charge is -2.26. The van der Waals surface area contributed by atoms with E-state index in [1.54, 1.807) is 36.1 Å². The van der Waals surface area contributed by atoms with Crippen LogP contribution in [0.3, 0.4) is 0 Å². The van der Waals surface area contributed by atoms with Gasteiger partial charge in [0.2, 0.25) is 0 Å². The Hall–Kier alpha value is -2.06. The van der Waals surface area contributed by atoms with Crippen molar-refractivity contribution in [2.45, 2.75) is 39.3 Å². The molecule has 2 amide bonds. The van der Waals surface area contributed by atoms with E-state index in [1.165, 1.54) is 0 Å². The third-order valence-corrected chi connectivity index (χ3v) is 2.97. The van der Waals surface area contributed by atoms with Crippen LogP contribution in [-0.4, -0.2) is 28.6 Å². The molecule has 0 aliphatic carbocycles. The highest BCUT2D eigenvalue weighted by molar-refractivity contribution is 5.89. The van der Waals surface area contributed by atoms with E-state index in [0.717, 1.165) is 5.56 Å². The van der Waals surface area contributed by atoms with E-state index in [-0.39, 0.29) is 12.1 Å². The summed E-state index contributed by atoms with van der Waals surface area (Å²) in [5, 5.41) is 21.0. The lowest BCUT2D eigenvalue weighted by molar-refractivity contribution is 0.197. The second-order valence-electron chi connectivity index (χ2n) is 4.93. The topological polar surface area (TPSA) is 76.4 Å². The Morgan fingerprint density at radius 2 is 2.15 bits per heavy atom. The number of nitrogens with one attached hydrogen (secondary N) is 1. The van der Waals surface area contributed by atoms with Gasteiger partial charge in [0, 0.05) is 18.3 Å². The number of nitrogens with zero attached hydrogens (tertiary/aromatic N) is 2. The Kier molecular flexibility index (Phi) is 6.01. The van der Waals surface area contributed by atoms with Gasteiger partial charge < -0.3 is 15.3 Å². The van der Waals surface area contributed by atoms with Crippen molar-refractivity contribution in [3.05, 3.63) is 29.8 Å². The summed E-state index contributed by atoms with van der Waals surface area (Å²) in [6, 6.07) is 8.92. The Morgan fingerprint density at radius 3 is 2.70 bits per heavy atom. The maximum absolute atomic E-state index is 12.2. The molecule has 1 aromatic rings. The van der Waals surface area contributed by atoms with Crippen LogP contribution < -0.4 is 5.32 Å². The molecular formula is C15H21N3O2. The lowest BCUT2D eigenvalue weighted by Crippen LogP contribution is -2.40. The summed E-state index contributed by atoms with van der Waals surface area (Å²) in [4.78, 5) is 13.8. The third-order valence-electron chi connectivity index (χ3n) is 2.97. The third kappa shape index (κ3) is 4.56. The summed E-state index contributed by atoms with van der Waals surface area (Å²) in [6.07, 6.45) is -0.272. The van der Waals surface area contributed by atoms with Crippen LogP contribution in [0.4, 0.5) is 10.5 Å². The molecule has 0 aliphatic rings. The zero-order chi connectivity index (χ0) is 15.1. The van der Waals surface area contributed by atoms with E-state index < -0.39 is 6.10 Å². The van der Waals surface area contributed by atoms with Gasteiger partial charge in [0.25, 0.3) is 0 Å². The molecule has 0 saturated carbocycles. The number of rotatable bonds is 5. The summed E-state index contributed by atoms with van der Waals surface area (Å²) in [5.41, 5.74) is 1.38. The van der Waals surface area contributed by atoms with Crippen molar-refractivity contribution in [3.8, 4) is 6.07 Å². The van der Waals surface area contributed by atoms with Crippen molar-refractivity contribution in [2.75, 3.05) is 11.9 Å². The molecule has 1 aromatic carbocycles. The highest BCUT2D eigenvalue weighted by Crippen LogP contribution is 2.17. The number of benzene rings is 1. The first kappa shape index (κ1) is 16.0. The number of hydrogen-bond acceptors (Lipinski definition) is 3. The van der Waals surface area contributed by atoms with Crippen molar-refractivity contribution in [1.82, 2.24) is 4.90 Å². The van der Waals surface area contributed by atoms with Gasteiger partial charge in [-0.3, -0.25) is 0 Å². The van der Waals surface area contributed by atoms with E-state index in [1.807, 2.05) is 19.9 Å². The van der Waals surface area contributed by atoms with Crippen molar-refractivity contribution in [2.24, 2.45) is 0 Å². The molecule has 0 heterocycles. The molecule has 1 unspecified atom stereocenters. The molecule has 20 heavy (non-hydrogen) atoms. The number of carbonyl (C=O) groups is 1. The molecule has 1 atom stereocenters. The van der Waals surface area contributed by atoms with Crippen LogP contribution in [0.15, 0.2) is 24.3 Å². The maximum Gasteiger partial charge on any atom is 0.322 e. The number of anilines is 1. The summed E-state index contributed by atoms with van der Waals surface area (Å²) in [5.74, 6) is 0. The molecule has 1 rings (SSSR count). The van der Waals surface area contributed by atoms with E-state index in [0.29, 0.717) is 18.7 Å². The molecule has 0 fully saturated rings. The number of amides is 2. The summed E-state index contributed by atoms with van der Waals surface area (Å²) >= 11 is 0. The average molecular weight is 275 g/mol. The van der Waals surface area contributed by atoms with E-state index in [2.05, 4.69) is 5.32 Å². The zero-order valence-corrected chi connectivity index (χ0v) is 12.1. The first-order valence-corrected chi connectivity index (χ1v) is 6.68. The molecule has 0 aromatic heterocycles. The van der Waals surface area contributed by atoms with Crippen LogP contribution in [0, 0.1) is 11.3 Å². The number of nitriles is 1. The molecule has 2 N–H and O–H groups in total. The number of carbonyl (C=O) groups excluding carboxylic acids is 1. The Labute approximate surface area is 119 Å². The number of aliphatic hydroxyl groups is 1. The van der Waals surface area contributed by atoms with Gasteiger partial charge >= 0.3 is 6.03 Å². The Balaban J connectivity index is 2.77. The molecule has 108 valence electrons. The molecule has 5 heteroatoms. The minimum atomic E-state index is -0.577. The minimum absolute atomic E-state index is 0.0169. The van der Waals surface area contributed by atoms with Gasteiger partial charge in [-0.2, -0.15) is 5.26 Å². The van der Waals surface area contributed by atoms with Crippen LogP contribution in [0.5, 0.6) is 0 Å². The molecule has 0 aliphatic heterocycles. The molecule has 0 radical (unpaired) electrons. The van der Waals surface area contributed by atoms with Gasteiger partial charge in [-0.25, -0.2) is 4.79 Å². The monoisotopic (exact) mass is 275 g/mol. The number of aliphatic hydroxyl groups excluding tert-OH is 1. The Bertz CT molecular complexity index is 492. The molecule has 0 spiro atoms. The predicted molar refractivity (Wildman–Crippen MR) is 78.2 cm³/mol. The van der Waals surface area contributed by atoms with Gasteiger partial charge in [-0.05, 0) is 38.5 Å². The van der Waals surface area contributed by atoms with Crippen LogP contribution in [-0.2, 0) is 0 Å². The van der Waals surface area contributed by atoms with Crippen LogP contribution in [0.25, 0.3) is 0 Å². The quantitative estimate of drug-likeness (QED) is 0.867. The van der Waals surface area contributed by atoms with Crippen LogP contribution in [0.2, 0.25) is 0 Å². The van der Waals surface area contributed by atoms with Crippen LogP contribution >= 0.6 is 0 Å².